The molecule has 1 N–H and O–H groups in total. The van der Waals surface area contributed by atoms with Crippen LogP contribution in [0.25, 0.3) is 0 Å². The number of rotatable bonds is 4. The molecular weight excluding hydrogens is 280 g/mol. The molecule has 3 heterocycles. The molecule has 0 bridgehead atoms. The van der Waals surface area contributed by atoms with Crippen molar-refractivity contribution in [1.82, 2.24) is 20.1 Å². The Kier molecular flexibility index (Phi) is 4.13. The lowest BCUT2D eigenvalue weighted by Gasteiger charge is -2.34. The second-order valence-electron chi connectivity index (χ2n) is 6.81. The number of fused-ring (bicyclic) bond motifs is 1. The topological polar surface area (TPSA) is 42.7 Å². The monoisotopic (exact) mass is 304 g/mol. The predicted molar refractivity (Wildman–Crippen MR) is 86.6 cm³/mol. The van der Waals surface area contributed by atoms with E-state index in [1.165, 1.54) is 4.88 Å². The third-order valence-corrected chi connectivity index (χ3v) is 5.00. The van der Waals surface area contributed by atoms with Gasteiger partial charge in [0, 0.05) is 24.4 Å². The molecule has 3 rings (SSSR count). The molecule has 114 valence electrons. The van der Waals surface area contributed by atoms with Gasteiger partial charge in [-0.25, -0.2) is 0 Å². The van der Waals surface area contributed by atoms with Crippen molar-refractivity contribution in [2.45, 2.75) is 52.6 Å². The van der Waals surface area contributed by atoms with Gasteiger partial charge < -0.3 is 9.88 Å². The summed E-state index contributed by atoms with van der Waals surface area (Å²) in [6.45, 7) is 8.76. The first-order valence-corrected chi connectivity index (χ1v) is 8.61. The second kappa shape index (κ2) is 5.89. The highest BCUT2D eigenvalue weighted by Gasteiger charge is 2.33. The Morgan fingerprint density at radius 1 is 1.33 bits per heavy atom. The van der Waals surface area contributed by atoms with E-state index in [-0.39, 0.29) is 5.41 Å². The molecule has 2 aromatic heterocycles. The zero-order chi connectivity index (χ0) is 14.9. The molecule has 1 aliphatic heterocycles. The molecule has 21 heavy (non-hydrogen) atoms. The minimum atomic E-state index is 0.166. The van der Waals surface area contributed by atoms with Crippen LogP contribution in [0.2, 0.25) is 0 Å². The molecule has 5 heteroatoms. The molecule has 4 nitrogen and oxygen atoms in total. The van der Waals surface area contributed by atoms with E-state index in [0.717, 1.165) is 44.0 Å². The number of nitrogens with zero attached hydrogens (tertiary/aromatic N) is 3. The number of thiophene rings is 1. The van der Waals surface area contributed by atoms with Crippen molar-refractivity contribution in [3.63, 3.8) is 0 Å². The molecule has 0 aliphatic carbocycles. The van der Waals surface area contributed by atoms with E-state index in [1.54, 1.807) is 0 Å². The van der Waals surface area contributed by atoms with E-state index < -0.39 is 0 Å². The summed E-state index contributed by atoms with van der Waals surface area (Å²) < 4.78 is 2.33. The first-order chi connectivity index (χ1) is 10.1. The van der Waals surface area contributed by atoms with Crippen LogP contribution in [0.3, 0.4) is 0 Å². The summed E-state index contributed by atoms with van der Waals surface area (Å²) in [6.07, 6.45) is 3.30. The largest absolute Gasteiger partial charge is 0.312 e. The fourth-order valence-corrected chi connectivity index (χ4v) is 3.72. The molecule has 0 aromatic carbocycles. The maximum Gasteiger partial charge on any atom is 0.150 e. The normalized spacial score (nSPS) is 18.7. The van der Waals surface area contributed by atoms with Crippen LogP contribution in [0.15, 0.2) is 17.5 Å². The van der Waals surface area contributed by atoms with Crippen molar-refractivity contribution in [3.05, 3.63) is 34.0 Å². The van der Waals surface area contributed by atoms with E-state index in [9.17, 15) is 0 Å². The Labute approximate surface area is 130 Å². The quantitative estimate of drug-likeness (QED) is 0.943. The highest BCUT2D eigenvalue weighted by molar-refractivity contribution is 7.09. The van der Waals surface area contributed by atoms with Crippen LogP contribution in [-0.2, 0) is 19.4 Å². The molecule has 2 aromatic rings. The maximum atomic E-state index is 4.47. The molecule has 1 unspecified atom stereocenters. The molecular formula is C16H24N4S. The van der Waals surface area contributed by atoms with Crippen molar-refractivity contribution >= 4 is 11.3 Å². The Balaban J connectivity index is 1.69. The van der Waals surface area contributed by atoms with Gasteiger partial charge in [-0.05, 0) is 29.7 Å². The molecule has 0 spiro atoms. The van der Waals surface area contributed by atoms with Crippen LogP contribution >= 0.6 is 11.3 Å². The van der Waals surface area contributed by atoms with Crippen LogP contribution in [-0.4, -0.2) is 21.3 Å². The third kappa shape index (κ3) is 3.19. The van der Waals surface area contributed by atoms with Gasteiger partial charge in [0.2, 0.25) is 0 Å². The average Bonchev–Trinajstić information content (AvgIpc) is 3.07. The average molecular weight is 304 g/mol. The van der Waals surface area contributed by atoms with Crippen LogP contribution < -0.4 is 5.32 Å². The maximum absolute atomic E-state index is 4.47. The minimum absolute atomic E-state index is 0.166. The van der Waals surface area contributed by atoms with E-state index in [2.05, 4.69) is 58.4 Å². The van der Waals surface area contributed by atoms with Gasteiger partial charge in [0.25, 0.3) is 0 Å². The van der Waals surface area contributed by atoms with Gasteiger partial charge >= 0.3 is 0 Å². The van der Waals surface area contributed by atoms with E-state index in [0.29, 0.717) is 6.04 Å². The number of hydrogen-bond donors (Lipinski definition) is 1. The van der Waals surface area contributed by atoms with Gasteiger partial charge in [-0.1, -0.05) is 26.8 Å². The molecule has 1 aliphatic rings. The summed E-state index contributed by atoms with van der Waals surface area (Å²) in [6, 6.07) is 4.63. The Hall–Kier alpha value is -1.20. The minimum Gasteiger partial charge on any atom is -0.312 e. The lowest BCUT2D eigenvalue weighted by atomic mass is 9.85. The van der Waals surface area contributed by atoms with Gasteiger partial charge in [-0.15, -0.1) is 21.5 Å². The Bertz CT molecular complexity index is 580. The fourth-order valence-electron chi connectivity index (χ4n) is 2.97. The summed E-state index contributed by atoms with van der Waals surface area (Å²) in [7, 11) is 0. The van der Waals surface area contributed by atoms with Crippen LogP contribution in [0.1, 0.15) is 49.8 Å². The van der Waals surface area contributed by atoms with Crippen molar-refractivity contribution in [3.8, 4) is 0 Å². The van der Waals surface area contributed by atoms with E-state index in [4.69, 9.17) is 0 Å². The number of hydrogen-bond acceptors (Lipinski definition) is 4. The highest BCUT2D eigenvalue weighted by Crippen LogP contribution is 2.33. The van der Waals surface area contributed by atoms with Crippen LogP contribution in [0.5, 0.6) is 0 Å². The zero-order valence-electron chi connectivity index (χ0n) is 13.1. The number of nitrogens with one attached hydrogen (secondary N) is 1. The summed E-state index contributed by atoms with van der Waals surface area (Å²) in [5, 5.41) is 14.7. The van der Waals surface area contributed by atoms with Gasteiger partial charge in [0.15, 0.2) is 5.82 Å². The van der Waals surface area contributed by atoms with Gasteiger partial charge in [-0.2, -0.15) is 0 Å². The molecule has 0 radical (unpaired) electrons. The summed E-state index contributed by atoms with van der Waals surface area (Å²) in [5.41, 5.74) is 0.166. The smallest absolute Gasteiger partial charge is 0.150 e. The van der Waals surface area contributed by atoms with Crippen LogP contribution in [0.4, 0.5) is 0 Å². The zero-order valence-corrected chi connectivity index (χ0v) is 13.9. The molecule has 0 fully saturated rings. The van der Waals surface area contributed by atoms with E-state index in [1.807, 2.05) is 11.3 Å². The highest BCUT2D eigenvalue weighted by atomic mass is 32.1. The Morgan fingerprint density at radius 2 is 2.19 bits per heavy atom. The predicted octanol–water partition coefficient (Wildman–Crippen LogP) is 3.21. The summed E-state index contributed by atoms with van der Waals surface area (Å²) in [4.78, 5) is 1.46. The molecule has 0 saturated carbocycles. The second-order valence-corrected chi connectivity index (χ2v) is 7.84. The van der Waals surface area contributed by atoms with Crippen LogP contribution in [0, 0.1) is 5.41 Å². The first kappa shape index (κ1) is 14.7. The molecule has 1 atom stereocenters. The molecule has 0 saturated heterocycles. The van der Waals surface area contributed by atoms with E-state index >= 15 is 0 Å². The molecule has 0 amide bonds. The van der Waals surface area contributed by atoms with Crippen molar-refractivity contribution in [2.24, 2.45) is 5.41 Å². The Morgan fingerprint density at radius 3 is 2.90 bits per heavy atom. The fraction of sp³-hybridized carbons (Fsp3) is 0.625. The van der Waals surface area contributed by atoms with Gasteiger partial charge in [0.1, 0.15) is 5.82 Å². The summed E-state index contributed by atoms with van der Waals surface area (Å²) in [5.74, 6) is 2.26. The summed E-state index contributed by atoms with van der Waals surface area (Å²) >= 11 is 1.84. The van der Waals surface area contributed by atoms with Crippen molar-refractivity contribution < 1.29 is 0 Å². The van der Waals surface area contributed by atoms with Gasteiger partial charge in [0.05, 0.1) is 6.04 Å². The lowest BCUT2D eigenvalue weighted by molar-refractivity contribution is 0.232. The first-order valence-electron chi connectivity index (χ1n) is 7.73. The SMILES string of the molecule is CC(C)(C)C1NCCn2c(CCCc3cccs3)nnc21. The van der Waals surface area contributed by atoms with Crippen molar-refractivity contribution in [2.75, 3.05) is 6.54 Å². The van der Waals surface area contributed by atoms with Gasteiger partial charge in [-0.3, -0.25) is 0 Å². The number of aromatic nitrogens is 3. The lowest BCUT2D eigenvalue weighted by Crippen LogP contribution is -2.41. The van der Waals surface area contributed by atoms with Crippen molar-refractivity contribution in [1.29, 1.82) is 0 Å². The number of aryl methyl sites for hydroxylation is 2. The third-order valence-electron chi connectivity index (χ3n) is 4.07. The standard InChI is InChI=1S/C16H24N4S/c1-16(2,3)14-15-19-18-13(20(15)10-9-17-14)8-4-6-12-7-5-11-21-12/h5,7,11,14,17H,4,6,8-10H2,1-3H3.